The smallest absolute Gasteiger partial charge is 0.0360 e. The van der Waals surface area contributed by atoms with Gasteiger partial charge in [-0.2, -0.15) is 0 Å². The van der Waals surface area contributed by atoms with Crippen LogP contribution in [-0.4, -0.2) is 18.1 Å². The van der Waals surface area contributed by atoms with Crippen molar-refractivity contribution in [2.75, 3.05) is 12.4 Å². The first-order chi connectivity index (χ1) is 4.54. The van der Waals surface area contributed by atoms with E-state index in [1.165, 1.54) is 0 Å². The van der Waals surface area contributed by atoms with E-state index < -0.39 is 0 Å². The van der Waals surface area contributed by atoms with Crippen molar-refractivity contribution < 1.29 is 0 Å². The quantitative estimate of drug-likeness (QED) is 0.446. The van der Waals surface area contributed by atoms with Crippen LogP contribution in [0.15, 0.2) is 4.99 Å². The second kappa shape index (κ2) is 3.97. The molecule has 0 atom stereocenters. The molecule has 1 nitrogen and oxygen atoms in total. The molecule has 0 fully saturated rings. The van der Waals surface area contributed by atoms with E-state index in [2.05, 4.69) is 18.8 Å². The number of aliphatic imine (C=N–C) groups is 1. The van der Waals surface area contributed by atoms with Gasteiger partial charge in [-0.3, -0.25) is 4.99 Å². The minimum Gasteiger partial charge on any atom is -0.294 e. The molecule has 60 valence electrons. The number of alkyl halides is 1. The summed E-state index contributed by atoms with van der Waals surface area (Å²) >= 11 is 5.74. The van der Waals surface area contributed by atoms with Crippen molar-refractivity contribution in [2.45, 2.75) is 27.7 Å². The van der Waals surface area contributed by atoms with Crippen LogP contribution in [0.1, 0.15) is 27.7 Å². The zero-order valence-corrected chi connectivity index (χ0v) is 8.00. The lowest BCUT2D eigenvalue weighted by molar-refractivity contribution is 0.593. The molecule has 0 aliphatic rings. The lowest BCUT2D eigenvalue weighted by Crippen LogP contribution is -2.23. The van der Waals surface area contributed by atoms with Crippen LogP contribution in [0.2, 0.25) is 0 Å². The van der Waals surface area contributed by atoms with Crippen LogP contribution >= 0.6 is 11.6 Å². The number of hydrogen-bond donors (Lipinski definition) is 0. The van der Waals surface area contributed by atoms with Crippen LogP contribution in [0.25, 0.3) is 0 Å². The Kier molecular flexibility index (Phi) is 3.95. The standard InChI is InChI=1S/C8H16ClN/c1-5-10-7(2)8(3,4)6-9/h5-6H2,1-4H3. The normalized spacial score (nSPS) is 13.9. The summed E-state index contributed by atoms with van der Waals surface area (Å²) in [6.45, 7) is 9.13. The zero-order chi connectivity index (χ0) is 8.20. The summed E-state index contributed by atoms with van der Waals surface area (Å²) in [6.07, 6.45) is 0. The lowest BCUT2D eigenvalue weighted by Gasteiger charge is -2.20. The van der Waals surface area contributed by atoms with Crippen LogP contribution in [0.3, 0.4) is 0 Å². The molecule has 0 bridgehead atoms. The average Bonchev–Trinajstić information content (AvgIpc) is 1.89. The predicted octanol–water partition coefficient (Wildman–Crippen LogP) is 2.73. The fraction of sp³-hybridized carbons (Fsp3) is 0.875. The topological polar surface area (TPSA) is 12.4 Å². The van der Waals surface area contributed by atoms with E-state index in [0.717, 1.165) is 12.3 Å². The first kappa shape index (κ1) is 9.96. The molecule has 0 unspecified atom stereocenters. The van der Waals surface area contributed by atoms with Gasteiger partial charge in [-0.05, 0) is 13.8 Å². The molecule has 0 saturated carbocycles. The number of nitrogens with zero attached hydrogens (tertiary/aromatic N) is 1. The third-order valence-corrected chi connectivity index (χ3v) is 2.38. The van der Waals surface area contributed by atoms with Gasteiger partial charge in [-0.25, -0.2) is 0 Å². The monoisotopic (exact) mass is 161 g/mol. The Balaban J connectivity index is 4.17. The molecular formula is C8H16ClN. The second-order valence-corrected chi connectivity index (χ2v) is 3.34. The van der Waals surface area contributed by atoms with Gasteiger partial charge in [0, 0.05) is 23.6 Å². The minimum absolute atomic E-state index is 0.0670. The van der Waals surface area contributed by atoms with Crippen molar-refractivity contribution in [3.8, 4) is 0 Å². The Bertz CT molecular complexity index is 127. The molecule has 0 saturated heterocycles. The van der Waals surface area contributed by atoms with Crippen LogP contribution in [0, 0.1) is 5.41 Å². The Hall–Kier alpha value is -0.0400. The molecule has 0 N–H and O–H groups in total. The molecule has 0 heterocycles. The predicted molar refractivity (Wildman–Crippen MR) is 48.2 cm³/mol. The molecule has 0 aliphatic heterocycles. The van der Waals surface area contributed by atoms with E-state index in [0.29, 0.717) is 5.88 Å². The zero-order valence-electron chi connectivity index (χ0n) is 7.24. The molecule has 2 heteroatoms. The number of hydrogen-bond acceptors (Lipinski definition) is 1. The van der Waals surface area contributed by atoms with E-state index in [9.17, 15) is 0 Å². The largest absolute Gasteiger partial charge is 0.294 e. The third-order valence-electron chi connectivity index (χ3n) is 1.71. The highest BCUT2D eigenvalue weighted by atomic mass is 35.5. The minimum atomic E-state index is 0.0670. The van der Waals surface area contributed by atoms with E-state index in [1.807, 2.05) is 13.8 Å². The maximum absolute atomic E-state index is 5.74. The van der Waals surface area contributed by atoms with E-state index in [4.69, 9.17) is 11.6 Å². The lowest BCUT2D eigenvalue weighted by atomic mass is 9.91. The van der Waals surface area contributed by atoms with E-state index in [1.54, 1.807) is 0 Å². The van der Waals surface area contributed by atoms with Crippen molar-refractivity contribution in [3.05, 3.63) is 0 Å². The Morgan fingerprint density at radius 1 is 1.50 bits per heavy atom. The first-order valence-electron chi connectivity index (χ1n) is 3.62. The molecule has 10 heavy (non-hydrogen) atoms. The van der Waals surface area contributed by atoms with E-state index in [-0.39, 0.29) is 5.41 Å². The maximum Gasteiger partial charge on any atom is 0.0360 e. The molecular weight excluding hydrogens is 146 g/mol. The summed E-state index contributed by atoms with van der Waals surface area (Å²) in [4.78, 5) is 4.30. The fourth-order valence-electron chi connectivity index (χ4n) is 0.548. The van der Waals surface area contributed by atoms with Gasteiger partial charge in [0.1, 0.15) is 0 Å². The van der Waals surface area contributed by atoms with Crippen molar-refractivity contribution in [3.63, 3.8) is 0 Å². The van der Waals surface area contributed by atoms with Crippen molar-refractivity contribution in [2.24, 2.45) is 10.4 Å². The molecule has 0 rings (SSSR count). The highest BCUT2D eigenvalue weighted by molar-refractivity contribution is 6.20. The SMILES string of the molecule is CCN=C(C)C(C)(C)CCl. The Morgan fingerprint density at radius 3 is 2.30 bits per heavy atom. The fourth-order valence-corrected chi connectivity index (χ4v) is 0.741. The molecule has 0 aromatic carbocycles. The highest BCUT2D eigenvalue weighted by Gasteiger charge is 2.19. The molecule has 0 aromatic rings. The summed E-state index contributed by atoms with van der Waals surface area (Å²) in [7, 11) is 0. The number of rotatable bonds is 3. The van der Waals surface area contributed by atoms with Gasteiger partial charge in [0.2, 0.25) is 0 Å². The highest BCUT2D eigenvalue weighted by Crippen LogP contribution is 2.18. The maximum atomic E-state index is 5.74. The van der Waals surface area contributed by atoms with Gasteiger partial charge < -0.3 is 0 Å². The van der Waals surface area contributed by atoms with Gasteiger partial charge in [0.25, 0.3) is 0 Å². The third kappa shape index (κ3) is 2.70. The summed E-state index contributed by atoms with van der Waals surface area (Å²) < 4.78 is 0. The Morgan fingerprint density at radius 2 is 2.00 bits per heavy atom. The molecule has 0 spiro atoms. The molecule has 0 radical (unpaired) electrons. The Labute approximate surface area is 68.5 Å². The van der Waals surface area contributed by atoms with Crippen molar-refractivity contribution >= 4 is 17.3 Å². The van der Waals surface area contributed by atoms with Crippen molar-refractivity contribution in [1.29, 1.82) is 0 Å². The average molecular weight is 162 g/mol. The van der Waals surface area contributed by atoms with Gasteiger partial charge in [-0.1, -0.05) is 13.8 Å². The van der Waals surface area contributed by atoms with Crippen LogP contribution in [0.4, 0.5) is 0 Å². The van der Waals surface area contributed by atoms with Gasteiger partial charge in [0.05, 0.1) is 0 Å². The summed E-state index contributed by atoms with van der Waals surface area (Å²) in [5, 5.41) is 0. The molecule has 0 aliphatic carbocycles. The van der Waals surface area contributed by atoms with Gasteiger partial charge in [-0.15, -0.1) is 11.6 Å². The summed E-state index contributed by atoms with van der Waals surface area (Å²) in [5.74, 6) is 0.641. The van der Waals surface area contributed by atoms with E-state index >= 15 is 0 Å². The van der Waals surface area contributed by atoms with Gasteiger partial charge in [0.15, 0.2) is 0 Å². The summed E-state index contributed by atoms with van der Waals surface area (Å²) in [6, 6.07) is 0. The molecule has 0 amide bonds. The van der Waals surface area contributed by atoms with Crippen molar-refractivity contribution in [1.82, 2.24) is 0 Å². The first-order valence-corrected chi connectivity index (χ1v) is 4.15. The van der Waals surface area contributed by atoms with Crippen LogP contribution < -0.4 is 0 Å². The van der Waals surface area contributed by atoms with Gasteiger partial charge >= 0.3 is 0 Å². The number of halogens is 1. The second-order valence-electron chi connectivity index (χ2n) is 3.08. The van der Waals surface area contributed by atoms with Crippen LogP contribution in [-0.2, 0) is 0 Å². The molecule has 0 aromatic heterocycles. The van der Waals surface area contributed by atoms with Crippen LogP contribution in [0.5, 0.6) is 0 Å². The summed E-state index contributed by atoms with van der Waals surface area (Å²) in [5.41, 5.74) is 1.21.